The minimum Gasteiger partial charge on any atom is -0.502 e. The SMILES string of the molecule is COC(=O)C(=Cc1cc(C)no1)c1cc(OC)c(O)c(OC)c1. The van der Waals surface area contributed by atoms with Crippen molar-refractivity contribution in [1.29, 1.82) is 0 Å². The molecule has 122 valence electrons. The highest BCUT2D eigenvalue weighted by atomic mass is 16.5. The molecule has 2 rings (SSSR count). The third kappa shape index (κ3) is 3.45. The van der Waals surface area contributed by atoms with Gasteiger partial charge in [-0.1, -0.05) is 5.16 Å². The summed E-state index contributed by atoms with van der Waals surface area (Å²) in [6.07, 6.45) is 1.50. The molecule has 2 aromatic rings. The molecule has 23 heavy (non-hydrogen) atoms. The summed E-state index contributed by atoms with van der Waals surface area (Å²) >= 11 is 0. The molecular formula is C16H17NO6. The van der Waals surface area contributed by atoms with Crippen LogP contribution in [0.4, 0.5) is 0 Å². The number of rotatable bonds is 5. The van der Waals surface area contributed by atoms with Gasteiger partial charge in [0.2, 0.25) is 5.75 Å². The van der Waals surface area contributed by atoms with Crippen LogP contribution in [0, 0.1) is 6.92 Å². The van der Waals surface area contributed by atoms with Crippen LogP contribution < -0.4 is 9.47 Å². The van der Waals surface area contributed by atoms with Gasteiger partial charge in [0, 0.05) is 6.07 Å². The first kappa shape index (κ1) is 16.4. The Morgan fingerprint density at radius 1 is 1.17 bits per heavy atom. The van der Waals surface area contributed by atoms with Gasteiger partial charge in [-0.3, -0.25) is 0 Å². The molecule has 0 aliphatic rings. The lowest BCUT2D eigenvalue weighted by molar-refractivity contribution is -0.133. The van der Waals surface area contributed by atoms with Crippen molar-refractivity contribution >= 4 is 17.6 Å². The Labute approximate surface area is 133 Å². The van der Waals surface area contributed by atoms with Crippen LogP contribution in [0.5, 0.6) is 17.2 Å². The average Bonchev–Trinajstić information content (AvgIpc) is 2.97. The predicted molar refractivity (Wildman–Crippen MR) is 82.3 cm³/mol. The molecule has 7 nitrogen and oxygen atoms in total. The summed E-state index contributed by atoms with van der Waals surface area (Å²) in [5.41, 5.74) is 1.33. The topological polar surface area (TPSA) is 91.0 Å². The normalized spacial score (nSPS) is 11.2. The molecule has 0 unspecified atom stereocenters. The number of benzene rings is 1. The number of carbonyl (C=O) groups is 1. The lowest BCUT2D eigenvalue weighted by Crippen LogP contribution is -2.04. The van der Waals surface area contributed by atoms with Crippen LogP contribution in [0.1, 0.15) is 17.0 Å². The number of aromatic nitrogens is 1. The number of nitrogens with zero attached hydrogens (tertiary/aromatic N) is 1. The number of esters is 1. The molecule has 0 spiro atoms. The molecule has 0 bridgehead atoms. The van der Waals surface area contributed by atoms with Gasteiger partial charge in [-0.05, 0) is 30.7 Å². The maximum atomic E-state index is 12.1. The van der Waals surface area contributed by atoms with Gasteiger partial charge in [-0.2, -0.15) is 0 Å². The second-order valence-electron chi connectivity index (χ2n) is 4.65. The van der Waals surface area contributed by atoms with Gasteiger partial charge < -0.3 is 23.8 Å². The van der Waals surface area contributed by atoms with E-state index in [-0.39, 0.29) is 22.8 Å². The third-order valence-electron chi connectivity index (χ3n) is 3.13. The Bertz CT molecular complexity index is 722. The van der Waals surface area contributed by atoms with Crippen molar-refractivity contribution in [3.8, 4) is 17.2 Å². The van der Waals surface area contributed by atoms with Gasteiger partial charge >= 0.3 is 5.97 Å². The molecule has 7 heteroatoms. The Morgan fingerprint density at radius 2 is 1.78 bits per heavy atom. The van der Waals surface area contributed by atoms with Gasteiger partial charge in [-0.25, -0.2) is 4.79 Å². The van der Waals surface area contributed by atoms with E-state index >= 15 is 0 Å². The van der Waals surface area contributed by atoms with Gasteiger partial charge in [0.1, 0.15) is 0 Å². The average molecular weight is 319 g/mol. The molecule has 0 radical (unpaired) electrons. The van der Waals surface area contributed by atoms with E-state index in [9.17, 15) is 9.90 Å². The number of methoxy groups -OCH3 is 3. The summed E-state index contributed by atoms with van der Waals surface area (Å²) in [5, 5.41) is 13.7. The summed E-state index contributed by atoms with van der Waals surface area (Å²) in [6, 6.07) is 4.69. The molecule has 1 heterocycles. The third-order valence-corrected chi connectivity index (χ3v) is 3.13. The summed E-state index contributed by atoms with van der Waals surface area (Å²) < 4.78 is 20.1. The van der Waals surface area contributed by atoms with Crippen LogP contribution in [0.15, 0.2) is 22.7 Å². The lowest BCUT2D eigenvalue weighted by Gasteiger charge is -2.12. The number of ether oxygens (including phenoxy) is 3. The van der Waals surface area contributed by atoms with Crippen molar-refractivity contribution in [2.24, 2.45) is 0 Å². The van der Waals surface area contributed by atoms with Crippen molar-refractivity contribution in [3.05, 3.63) is 35.2 Å². The molecule has 1 aromatic heterocycles. The van der Waals surface area contributed by atoms with E-state index in [0.29, 0.717) is 17.0 Å². The number of carbonyl (C=O) groups excluding carboxylic acids is 1. The van der Waals surface area contributed by atoms with E-state index in [1.54, 1.807) is 13.0 Å². The fourth-order valence-electron chi connectivity index (χ4n) is 2.01. The monoisotopic (exact) mass is 319 g/mol. The maximum Gasteiger partial charge on any atom is 0.338 e. The largest absolute Gasteiger partial charge is 0.502 e. The highest BCUT2D eigenvalue weighted by molar-refractivity contribution is 6.21. The zero-order valence-electron chi connectivity index (χ0n) is 13.2. The molecule has 0 aliphatic heterocycles. The van der Waals surface area contributed by atoms with Gasteiger partial charge in [0.05, 0.1) is 32.6 Å². The predicted octanol–water partition coefficient (Wildman–Crippen LogP) is 2.42. The Kier molecular flexibility index (Phi) is 4.90. The van der Waals surface area contributed by atoms with E-state index in [1.807, 2.05) is 0 Å². The van der Waals surface area contributed by atoms with Crippen LogP contribution in [-0.2, 0) is 9.53 Å². The second kappa shape index (κ2) is 6.87. The molecule has 1 N–H and O–H groups in total. The summed E-state index contributed by atoms with van der Waals surface area (Å²) in [4.78, 5) is 12.1. The Balaban J connectivity index is 2.60. The van der Waals surface area contributed by atoms with Crippen LogP contribution in [-0.4, -0.2) is 37.6 Å². The highest BCUT2D eigenvalue weighted by Crippen LogP contribution is 2.39. The first-order chi connectivity index (χ1) is 11.0. The molecule has 0 saturated heterocycles. The first-order valence-electron chi connectivity index (χ1n) is 6.68. The quantitative estimate of drug-likeness (QED) is 0.668. The van der Waals surface area contributed by atoms with E-state index in [4.69, 9.17) is 18.7 Å². The fraction of sp³-hybridized carbons (Fsp3) is 0.250. The zero-order valence-corrected chi connectivity index (χ0v) is 13.2. The van der Waals surface area contributed by atoms with Crippen LogP contribution >= 0.6 is 0 Å². The number of aryl methyl sites for hydroxylation is 1. The maximum absolute atomic E-state index is 12.1. The standard InChI is InChI=1S/C16H17NO6/c1-9-5-11(23-17-9)8-12(16(19)22-4)10-6-13(20-2)15(18)14(7-10)21-3/h5-8,18H,1-4H3. The molecule has 0 amide bonds. The van der Waals surface area contributed by atoms with Crippen LogP contribution in [0.2, 0.25) is 0 Å². The van der Waals surface area contributed by atoms with E-state index in [0.717, 1.165) is 0 Å². The van der Waals surface area contributed by atoms with Crippen molar-refractivity contribution in [2.45, 2.75) is 6.92 Å². The van der Waals surface area contributed by atoms with Gasteiger partial charge in [0.15, 0.2) is 17.3 Å². The molecule has 1 aromatic carbocycles. The minimum absolute atomic E-state index is 0.154. The van der Waals surface area contributed by atoms with Crippen molar-refractivity contribution < 1.29 is 28.6 Å². The molecule has 0 saturated carbocycles. The van der Waals surface area contributed by atoms with Gasteiger partial charge in [0.25, 0.3) is 0 Å². The molecular weight excluding hydrogens is 302 g/mol. The minimum atomic E-state index is -0.575. The molecule has 0 aliphatic carbocycles. The number of phenolic OH excluding ortho intramolecular Hbond substituents is 1. The lowest BCUT2D eigenvalue weighted by atomic mass is 10.0. The van der Waals surface area contributed by atoms with Crippen LogP contribution in [0.3, 0.4) is 0 Å². The molecule has 0 atom stereocenters. The van der Waals surface area contributed by atoms with Crippen LogP contribution in [0.25, 0.3) is 11.6 Å². The Morgan fingerprint density at radius 3 is 2.22 bits per heavy atom. The van der Waals surface area contributed by atoms with E-state index in [1.165, 1.54) is 39.5 Å². The number of phenols is 1. The van der Waals surface area contributed by atoms with Gasteiger partial charge in [-0.15, -0.1) is 0 Å². The van der Waals surface area contributed by atoms with Crippen molar-refractivity contribution in [2.75, 3.05) is 21.3 Å². The fourth-order valence-corrected chi connectivity index (χ4v) is 2.01. The number of hydrogen-bond donors (Lipinski definition) is 1. The summed E-state index contributed by atoms with van der Waals surface area (Å²) in [6.45, 7) is 1.77. The smallest absolute Gasteiger partial charge is 0.338 e. The second-order valence-corrected chi connectivity index (χ2v) is 4.65. The number of hydrogen-bond acceptors (Lipinski definition) is 7. The number of aromatic hydroxyl groups is 1. The van der Waals surface area contributed by atoms with Crippen molar-refractivity contribution in [3.63, 3.8) is 0 Å². The highest BCUT2D eigenvalue weighted by Gasteiger charge is 2.19. The zero-order chi connectivity index (χ0) is 17.0. The van der Waals surface area contributed by atoms with E-state index < -0.39 is 5.97 Å². The molecule has 0 fully saturated rings. The first-order valence-corrected chi connectivity index (χ1v) is 6.68. The van der Waals surface area contributed by atoms with Crippen molar-refractivity contribution in [1.82, 2.24) is 5.16 Å². The Hall–Kier alpha value is -2.96. The summed E-state index contributed by atoms with van der Waals surface area (Å²) in [7, 11) is 4.08. The summed E-state index contributed by atoms with van der Waals surface area (Å²) in [5.74, 6) is 0.00652. The van der Waals surface area contributed by atoms with E-state index in [2.05, 4.69) is 5.16 Å².